The maximum atomic E-state index is 4.85. The van der Waals surface area contributed by atoms with Crippen molar-refractivity contribution in [3.05, 3.63) is 47.8 Å². The number of rotatable bonds is 5. The van der Waals surface area contributed by atoms with Crippen LogP contribution in [0.5, 0.6) is 0 Å². The molecule has 1 N–H and O–H groups in total. The summed E-state index contributed by atoms with van der Waals surface area (Å²) in [4.78, 5) is 15.3. The molecule has 5 nitrogen and oxygen atoms in total. The van der Waals surface area contributed by atoms with Crippen molar-refractivity contribution in [3.8, 4) is 0 Å². The van der Waals surface area contributed by atoms with Crippen LogP contribution in [-0.2, 0) is 6.54 Å². The van der Waals surface area contributed by atoms with Crippen molar-refractivity contribution in [2.75, 3.05) is 13.1 Å². The third kappa shape index (κ3) is 2.96. The number of fused-ring (bicyclic) bond motifs is 1. The number of likely N-dealkylation sites (tertiary alicyclic amines) is 1. The normalized spacial score (nSPS) is 18.7. The number of nitrogens with zero attached hydrogens (tertiary/aromatic N) is 4. The fourth-order valence-corrected chi connectivity index (χ4v) is 3.79. The van der Waals surface area contributed by atoms with Gasteiger partial charge >= 0.3 is 0 Å². The Balaban J connectivity index is 1.44. The van der Waals surface area contributed by atoms with Crippen molar-refractivity contribution < 1.29 is 0 Å². The number of aryl methyl sites for hydroxylation is 3. The molecule has 0 aliphatic carbocycles. The zero-order valence-electron chi connectivity index (χ0n) is 14.5. The Bertz CT molecular complexity index is 831. The van der Waals surface area contributed by atoms with Gasteiger partial charge in [-0.15, -0.1) is 0 Å². The van der Waals surface area contributed by atoms with Gasteiger partial charge in [0.1, 0.15) is 11.6 Å². The Morgan fingerprint density at radius 2 is 2.17 bits per heavy atom. The summed E-state index contributed by atoms with van der Waals surface area (Å²) < 4.78 is 2.23. The molecule has 1 unspecified atom stereocenters. The first-order valence-corrected chi connectivity index (χ1v) is 8.89. The zero-order valence-corrected chi connectivity index (χ0v) is 14.5. The summed E-state index contributed by atoms with van der Waals surface area (Å²) in [6.45, 7) is 7.51. The summed E-state index contributed by atoms with van der Waals surface area (Å²) in [6, 6.07) is 6.87. The molecule has 0 radical (unpaired) electrons. The summed E-state index contributed by atoms with van der Waals surface area (Å²) in [5, 5.41) is 0. The average molecular weight is 323 g/mol. The van der Waals surface area contributed by atoms with Crippen LogP contribution in [0, 0.1) is 13.8 Å². The molecule has 2 aromatic heterocycles. The first-order valence-electron chi connectivity index (χ1n) is 8.89. The number of aromatic nitrogens is 4. The van der Waals surface area contributed by atoms with E-state index < -0.39 is 0 Å². The standard InChI is InChI=1S/C19H25N5/c1-14-6-7-16-17(13-14)22-19(21-16)18-5-3-9-24(18)11-4-10-23-12-8-20-15(23)2/h6-8,12-13,18H,3-5,9-11H2,1-2H3,(H,21,22). The molecule has 1 atom stereocenters. The predicted molar refractivity (Wildman–Crippen MR) is 96.0 cm³/mol. The predicted octanol–water partition coefficient (Wildman–Crippen LogP) is 3.60. The molecule has 1 aliphatic heterocycles. The van der Waals surface area contributed by atoms with Gasteiger partial charge in [-0.2, -0.15) is 0 Å². The van der Waals surface area contributed by atoms with E-state index in [0.717, 1.165) is 42.2 Å². The highest BCUT2D eigenvalue weighted by Gasteiger charge is 2.28. The van der Waals surface area contributed by atoms with E-state index in [1.54, 1.807) is 0 Å². The summed E-state index contributed by atoms with van der Waals surface area (Å²) >= 11 is 0. The molecule has 0 bridgehead atoms. The molecule has 1 aromatic carbocycles. The minimum absolute atomic E-state index is 0.432. The van der Waals surface area contributed by atoms with Crippen LogP contribution in [-0.4, -0.2) is 37.5 Å². The van der Waals surface area contributed by atoms with Gasteiger partial charge in [-0.05, 0) is 57.4 Å². The Kier molecular flexibility index (Phi) is 4.10. The van der Waals surface area contributed by atoms with E-state index in [2.05, 4.69) is 57.7 Å². The molecular formula is C19H25N5. The Morgan fingerprint density at radius 3 is 3.00 bits per heavy atom. The molecule has 5 heteroatoms. The monoisotopic (exact) mass is 323 g/mol. The van der Waals surface area contributed by atoms with Crippen LogP contribution in [0.2, 0.25) is 0 Å². The molecule has 0 amide bonds. The van der Waals surface area contributed by atoms with Crippen molar-refractivity contribution in [2.45, 2.75) is 45.7 Å². The van der Waals surface area contributed by atoms with Gasteiger partial charge in [0.2, 0.25) is 0 Å². The van der Waals surface area contributed by atoms with E-state index in [1.807, 2.05) is 6.20 Å². The first-order chi connectivity index (χ1) is 11.7. The number of hydrogen-bond acceptors (Lipinski definition) is 3. The van der Waals surface area contributed by atoms with E-state index in [1.165, 1.54) is 24.9 Å². The topological polar surface area (TPSA) is 49.7 Å². The van der Waals surface area contributed by atoms with Crippen LogP contribution in [0.15, 0.2) is 30.6 Å². The summed E-state index contributed by atoms with van der Waals surface area (Å²) in [5.41, 5.74) is 3.51. The molecule has 0 saturated carbocycles. The lowest BCUT2D eigenvalue weighted by atomic mass is 10.2. The molecule has 24 heavy (non-hydrogen) atoms. The van der Waals surface area contributed by atoms with Gasteiger partial charge in [0.15, 0.2) is 0 Å². The number of hydrogen-bond donors (Lipinski definition) is 1. The van der Waals surface area contributed by atoms with E-state index in [9.17, 15) is 0 Å². The van der Waals surface area contributed by atoms with E-state index in [-0.39, 0.29) is 0 Å². The summed E-state index contributed by atoms with van der Waals surface area (Å²) in [5.74, 6) is 2.23. The highest BCUT2D eigenvalue weighted by atomic mass is 15.2. The van der Waals surface area contributed by atoms with Gasteiger partial charge in [-0.25, -0.2) is 9.97 Å². The van der Waals surface area contributed by atoms with Crippen LogP contribution in [0.4, 0.5) is 0 Å². The van der Waals surface area contributed by atoms with Crippen molar-refractivity contribution in [2.24, 2.45) is 0 Å². The van der Waals surface area contributed by atoms with Crippen molar-refractivity contribution in [1.29, 1.82) is 0 Å². The molecule has 0 spiro atoms. The minimum Gasteiger partial charge on any atom is -0.341 e. The highest BCUT2D eigenvalue weighted by Crippen LogP contribution is 2.31. The third-order valence-corrected chi connectivity index (χ3v) is 5.10. The molecule has 126 valence electrons. The second-order valence-corrected chi connectivity index (χ2v) is 6.86. The molecule has 4 rings (SSSR count). The fourth-order valence-electron chi connectivity index (χ4n) is 3.79. The number of H-pyrrole nitrogens is 1. The molecular weight excluding hydrogens is 298 g/mol. The van der Waals surface area contributed by atoms with Gasteiger partial charge in [0, 0.05) is 25.5 Å². The molecule has 3 heterocycles. The SMILES string of the molecule is Cc1ccc2nc(C3CCCN3CCCn3ccnc3C)[nH]c2c1. The molecule has 1 aliphatic rings. The van der Waals surface area contributed by atoms with Gasteiger partial charge in [0.25, 0.3) is 0 Å². The van der Waals surface area contributed by atoms with Gasteiger partial charge in [0.05, 0.1) is 17.1 Å². The lowest BCUT2D eigenvalue weighted by Crippen LogP contribution is -2.26. The first kappa shape index (κ1) is 15.4. The van der Waals surface area contributed by atoms with Crippen LogP contribution in [0.1, 0.15) is 42.5 Å². The van der Waals surface area contributed by atoms with E-state index in [4.69, 9.17) is 4.98 Å². The highest BCUT2D eigenvalue weighted by molar-refractivity contribution is 5.75. The van der Waals surface area contributed by atoms with Gasteiger partial charge < -0.3 is 9.55 Å². The lowest BCUT2D eigenvalue weighted by molar-refractivity contribution is 0.242. The molecule has 3 aromatic rings. The largest absolute Gasteiger partial charge is 0.341 e. The summed E-state index contributed by atoms with van der Waals surface area (Å²) in [6.07, 6.45) is 7.55. The minimum atomic E-state index is 0.432. The van der Waals surface area contributed by atoms with Crippen molar-refractivity contribution in [1.82, 2.24) is 24.4 Å². The third-order valence-electron chi connectivity index (χ3n) is 5.10. The number of imidazole rings is 2. The maximum absolute atomic E-state index is 4.85. The van der Waals surface area contributed by atoms with Crippen LogP contribution in [0.3, 0.4) is 0 Å². The number of benzene rings is 1. The van der Waals surface area contributed by atoms with Crippen LogP contribution in [0.25, 0.3) is 11.0 Å². The molecule has 1 saturated heterocycles. The zero-order chi connectivity index (χ0) is 16.5. The number of nitrogens with one attached hydrogen (secondary N) is 1. The quantitative estimate of drug-likeness (QED) is 0.780. The maximum Gasteiger partial charge on any atom is 0.124 e. The lowest BCUT2D eigenvalue weighted by Gasteiger charge is -2.22. The van der Waals surface area contributed by atoms with E-state index in [0.29, 0.717) is 6.04 Å². The van der Waals surface area contributed by atoms with Gasteiger partial charge in [-0.3, -0.25) is 4.90 Å². The van der Waals surface area contributed by atoms with Crippen LogP contribution >= 0.6 is 0 Å². The molecule has 1 fully saturated rings. The fraction of sp³-hybridized carbons (Fsp3) is 0.474. The average Bonchev–Trinajstić information content (AvgIpc) is 3.27. The van der Waals surface area contributed by atoms with Crippen LogP contribution < -0.4 is 0 Å². The Labute approximate surface area is 142 Å². The summed E-state index contributed by atoms with van der Waals surface area (Å²) in [7, 11) is 0. The van der Waals surface area contributed by atoms with Crippen molar-refractivity contribution >= 4 is 11.0 Å². The second kappa shape index (κ2) is 6.40. The van der Waals surface area contributed by atoms with Gasteiger partial charge in [-0.1, -0.05) is 6.07 Å². The Hall–Kier alpha value is -2.14. The Morgan fingerprint density at radius 1 is 1.25 bits per heavy atom. The second-order valence-electron chi connectivity index (χ2n) is 6.86. The number of aromatic amines is 1. The van der Waals surface area contributed by atoms with E-state index >= 15 is 0 Å². The van der Waals surface area contributed by atoms with Crippen molar-refractivity contribution in [3.63, 3.8) is 0 Å². The smallest absolute Gasteiger partial charge is 0.124 e.